The zero-order chi connectivity index (χ0) is 10.9. The summed E-state index contributed by atoms with van der Waals surface area (Å²) in [6, 6.07) is 6.50. The molecule has 1 aromatic rings. The summed E-state index contributed by atoms with van der Waals surface area (Å²) in [5.41, 5.74) is 4.11. The molecule has 1 heteroatoms. The van der Waals surface area contributed by atoms with Gasteiger partial charge in [-0.25, -0.2) is 0 Å². The molecule has 80 valence electrons. The average molecular weight is 418 g/mol. The fraction of sp³-hybridized carbons (Fsp3) is 0.538. The zero-order valence-corrected chi connectivity index (χ0v) is 14.9. The van der Waals surface area contributed by atoms with E-state index in [0.29, 0.717) is 0 Å². The fourth-order valence-corrected chi connectivity index (χ4v) is 0.891. The number of hydrogen-bond donors (Lipinski definition) is 0. The smallest absolute Gasteiger partial charge is 0 e. The van der Waals surface area contributed by atoms with Crippen molar-refractivity contribution in [1.82, 2.24) is 0 Å². The van der Waals surface area contributed by atoms with Crippen LogP contribution in [0, 0.1) is 51.9 Å². The maximum Gasteiger partial charge on any atom is 0 e. The van der Waals surface area contributed by atoms with Crippen LogP contribution in [0.5, 0.6) is 0 Å². The van der Waals surface area contributed by atoms with E-state index in [1.807, 2.05) is 27.7 Å². The summed E-state index contributed by atoms with van der Waals surface area (Å²) in [6.07, 6.45) is 0. The molecule has 0 aliphatic heterocycles. The van der Waals surface area contributed by atoms with Crippen molar-refractivity contribution in [1.29, 1.82) is 0 Å². The van der Waals surface area contributed by atoms with Gasteiger partial charge < -0.3 is 0 Å². The van der Waals surface area contributed by atoms with E-state index in [0.717, 1.165) is 0 Å². The van der Waals surface area contributed by atoms with Gasteiger partial charge in [-0.1, -0.05) is 51.5 Å². The minimum absolute atomic E-state index is 0. The molecule has 0 unspecified atom stereocenters. The minimum atomic E-state index is 0. The Labute approximate surface area is 114 Å². The summed E-state index contributed by atoms with van der Waals surface area (Å²) in [5.74, 6) is 0. The normalized spacial score (nSPS) is 7.07. The molecule has 1 rings (SSSR count). The Kier molecular flexibility index (Phi) is 18.8. The van der Waals surface area contributed by atoms with Gasteiger partial charge in [0.05, 0.1) is 0 Å². The number of benzene rings is 1. The van der Waals surface area contributed by atoms with Crippen LogP contribution >= 0.6 is 0 Å². The van der Waals surface area contributed by atoms with Crippen LogP contribution in [0.15, 0.2) is 18.2 Å². The Morgan fingerprint density at radius 1 is 0.714 bits per heavy atom. The molecule has 0 heterocycles. The van der Waals surface area contributed by atoms with E-state index in [1.54, 1.807) is 0 Å². The Bertz CT molecular complexity index is 216. The van der Waals surface area contributed by atoms with Gasteiger partial charge in [-0.15, -0.1) is 0 Å². The van der Waals surface area contributed by atoms with Gasteiger partial charge in [0.15, 0.2) is 0 Å². The SMILES string of the molecule is CC.CC.Cc1ccc(C)c(C)c1.[U]. The molecule has 0 N–H and O–H groups in total. The van der Waals surface area contributed by atoms with Crippen molar-refractivity contribution in [3.05, 3.63) is 34.9 Å². The van der Waals surface area contributed by atoms with E-state index in [2.05, 4.69) is 39.0 Å². The van der Waals surface area contributed by atoms with E-state index < -0.39 is 0 Å². The van der Waals surface area contributed by atoms with Crippen molar-refractivity contribution in [2.45, 2.75) is 48.5 Å². The quantitative estimate of drug-likeness (QED) is 0.575. The molecular formula is C13H24U. The predicted octanol–water partition coefficient (Wildman–Crippen LogP) is 4.66. The van der Waals surface area contributed by atoms with E-state index in [1.165, 1.54) is 16.7 Å². The van der Waals surface area contributed by atoms with Crippen molar-refractivity contribution >= 4 is 0 Å². The molecule has 0 saturated carbocycles. The number of rotatable bonds is 0. The van der Waals surface area contributed by atoms with Gasteiger partial charge in [-0.3, -0.25) is 0 Å². The van der Waals surface area contributed by atoms with Crippen LogP contribution in [0.25, 0.3) is 0 Å². The molecule has 0 radical (unpaired) electrons. The maximum absolute atomic E-state index is 2.20. The molecule has 0 fully saturated rings. The summed E-state index contributed by atoms with van der Waals surface area (Å²) < 4.78 is 0. The van der Waals surface area contributed by atoms with Gasteiger partial charge in [0, 0.05) is 31.1 Å². The second-order valence-electron chi connectivity index (χ2n) is 2.59. The van der Waals surface area contributed by atoms with Gasteiger partial charge in [0.2, 0.25) is 0 Å². The predicted molar refractivity (Wildman–Crippen MR) is 63.3 cm³/mol. The molecule has 14 heavy (non-hydrogen) atoms. The molecule has 0 nitrogen and oxygen atoms in total. The number of hydrogen-bond acceptors (Lipinski definition) is 0. The first-order valence-corrected chi connectivity index (χ1v) is 5.24. The van der Waals surface area contributed by atoms with Crippen LogP contribution in [0.4, 0.5) is 0 Å². The zero-order valence-electron chi connectivity index (χ0n) is 10.7. The second kappa shape index (κ2) is 13.3. The first kappa shape index (κ1) is 19.8. The molecule has 1 aromatic carbocycles. The van der Waals surface area contributed by atoms with E-state index in [9.17, 15) is 0 Å². The minimum Gasteiger partial charge on any atom is -0.0683 e. The Morgan fingerprint density at radius 2 is 1.14 bits per heavy atom. The van der Waals surface area contributed by atoms with Crippen molar-refractivity contribution in [2.75, 3.05) is 0 Å². The van der Waals surface area contributed by atoms with Gasteiger partial charge >= 0.3 is 0 Å². The van der Waals surface area contributed by atoms with Gasteiger partial charge in [0.1, 0.15) is 0 Å². The van der Waals surface area contributed by atoms with Crippen LogP contribution in [0.2, 0.25) is 0 Å². The molecule has 0 aromatic heterocycles. The van der Waals surface area contributed by atoms with Crippen LogP contribution in [-0.2, 0) is 0 Å². The molecule has 0 saturated heterocycles. The third kappa shape index (κ3) is 8.85. The monoisotopic (exact) mass is 418 g/mol. The molecular weight excluding hydrogens is 394 g/mol. The van der Waals surface area contributed by atoms with Crippen LogP contribution in [0.1, 0.15) is 44.4 Å². The molecule has 0 amide bonds. The van der Waals surface area contributed by atoms with Crippen molar-refractivity contribution in [3.8, 4) is 0 Å². The summed E-state index contributed by atoms with van der Waals surface area (Å²) >= 11 is 0. The molecule has 0 aliphatic carbocycles. The first-order valence-electron chi connectivity index (χ1n) is 5.24. The molecule has 0 spiro atoms. The summed E-state index contributed by atoms with van der Waals surface area (Å²) in [4.78, 5) is 0. The van der Waals surface area contributed by atoms with Gasteiger partial charge in [-0.05, 0) is 31.9 Å². The van der Waals surface area contributed by atoms with E-state index >= 15 is 0 Å². The number of aryl methyl sites for hydroxylation is 3. The van der Waals surface area contributed by atoms with Crippen molar-refractivity contribution in [3.63, 3.8) is 0 Å². The van der Waals surface area contributed by atoms with E-state index in [-0.39, 0.29) is 31.1 Å². The Hall–Kier alpha value is 0.272. The topological polar surface area (TPSA) is 0 Å². The first-order chi connectivity index (χ1) is 6.20. The largest absolute Gasteiger partial charge is 0.0683 e. The van der Waals surface area contributed by atoms with Crippen molar-refractivity contribution < 1.29 is 31.1 Å². The maximum atomic E-state index is 2.20. The third-order valence-corrected chi connectivity index (χ3v) is 1.66. The van der Waals surface area contributed by atoms with Crippen molar-refractivity contribution in [2.24, 2.45) is 0 Å². The van der Waals surface area contributed by atoms with Crippen LogP contribution < -0.4 is 0 Å². The van der Waals surface area contributed by atoms with E-state index in [4.69, 9.17) is 0 Å². The third-order valence-electron chi connectivity index (χ3n) is 1.66. The summed E-state index contributed by atoms with van der Waals surface area (Å²) in [6.45, 7) is 14.4. The molecule has 0 bridgehead atoms. The van der Waals surface area contributed by atoms with Gasteiger partial charge in [-0.2, -0.15) is 0 Å². The Balaban J connectivity index is -0.000000216. The van der Waals surface area contributed by atoms with Gasteiger partial charge in [0.25, 0.3) is 0 Å². The van der Waals surface area contributed by atoms with Crippen LogP contribution in [0.3, 0.4) is 0 Å². The standard InChI is InChI=1S/C9H12.2C2H6.U/c1-7-4-5-8(2)9(3)6-7;2*1-2;/h4-6H,1-3H3;2*1-2H3;. The summed E-state index contributed by atoms with van der Waals surface area (Å²) in [7, 11) is 0. The average Bonchev–Trinajstić information content (AvgIpc) is 2.18. The second-order valence-corrected chi connectivity index (χ2v) is 2.59. The molecule has 0 atom stereocenters. The fourth-order valence-electron chi connectivity index (χ4n) is 0.891. The molecule has 0 aliphatic rings. The summed E-state index contributed by atoms with van der Waals surface area (Å²) in [5, 5.41) is 0. The van der Waals surface area contributed by atoms with Crippen LogP contribution in [-0.4, -0.2) is 0 Å². The Morgan fingerprint density at radius 3 is 1.43 bits per heavy atom.